The predicted octanol–water partition coefficient (Wildman–Crippen LogP) is 1.26. The molecule has 1 aromatic rings. The van der Waals surface area contributed by atoms with E-state index in [9.17, 15) is 0 Å². The van der Waals surface area contributed by atoms with E-state index >= 15 is 0 Å². The Labute approximate surface area is 85.5 Å². The monoisotopic (exact) mass is 190 g/mol. The minimum absolute atomic E-state index is 0.433. The van der Waals surface area contributed by atoms with Crippen LogP contribution in [0.3, 0.4) is 0 Å². The van der Waals surface area contributed by atoms with E-state index in [1.54, 1.807) is 0 Å². The number of benzene rings is 1. The van der Waals surface area contributed by atoms with Crippen LogP contribution >= 0.6 is 0 Å². The van der Waals surface area contributed by atoms with Gasteiger partial charge in [0.05, 0.1) is 0 Å². The molecule has 0 spiro atoms. The fourth-order valence-corrected chi connectivity index (χ4v) is 1.97. The molecule has 0 heterocycles. The maximum Gasteiger partial charge on any atom is 0.0162 e. The fourth-order valence-electron chi connectivity index (χ4n) is 1.97. The van der Waals surface area contributed by atoms with Crippen LogP contribution in [0.4, 0.5) is 0 Å². The van der Waals surface area contributed by atoms with Gasteiger partial charge in [-0.2, -0.15) is 0 Å². The normalized spacial score (nSPS) is 21.1. The summed E-state index contributed by atoms with van der Waals surface area (Å²) in [6.07, 6.45) is 1.22. The van der Waals surface area contributed by atoms with E-state index in [4.69, 9.17) is 5.73 Å². The standard InChI is InChI=1S/C12H18N2/c1-9(7-13)14-8-11-6-10-4-2-3-5-12(10)11/h2-5,9,11,14H,6-8,13H2,1H3/t9-,11?/m0/s1. The lowest BCUT2D eigenvalue weighted by Gasteiger charge is -2.31. The Morgan fingerprint density at radius 3 is 3.00 bits per heavy atom. The van der Waals surface area contributed by atoms with Gasteiger partial charge in [0.25, 0.3) is 0 Å². The molecule has 0 saturated heterocycles. The van der Waals surface area contributed by atoms with E-state index in [-0.39, 0.29) is 0 Å². The van der Waals surface area contributed by atoms with Crippen molar-refractivity contribution in [2.24, 2.45) is 5.73 Å². The third-order valence-electron chi connectivity index (χ3n) is 3.03. The zero-order chi connectivity index (χ0) is 9.97. The van der Waals surface area contributed by atoms with Gasteiger partial charge in [-0.3, -0.25) is 0 Å². The summed E-state index contributed by atoms with van der Waals surface area (Å²) in [5.41, 5.74) is 8.58. The minimum Gasteiger partial charge on any atom is -0.329 e. The molecular weight excluding hydrogens is 172 g/mol. The molecule has 2 rings (SSSR count). The van der Waals surface area contributed by atoms with Crippen LogP contribution < -0.4 is 11.1 Å². The largest absolute Gasteiger partial charge is 0.329 e. The second-order valence-electron chi connectivity index (χ2n) is 4.14. The summed E-state index contributed by atoms with van der Waals surface area (Å²) < 4.78 is 0. The predicted molar refractivity (Wildman–Crippen MR) is 59.4 cm³/mol. The molecule has 1 unspecified atom stereocenters. The van der Waals surface area contributed by atoms with Crippen molar-refractivity contribution in [2.75, 3.05) is 13.1 Å². The Bertz CT molecular complexity index is 309. The number of rotatable bonds is 4. The Balaban J connectivity index is 1.87. The van der Waals surface area contributed by atoms with Gasteiger partial charge in [0.1, 0.15) is 0 Å². The smallest absolute Gasteiger partial charge is 0.0162 e. The Kier molecular flexibility index (Phi) is 2.85. The second kappa shape index (κ2) is 4.11. The first kappa shape index (κ1) is 9.69. The summed E-state index contributed by atoms with van der Waals surface area (Å²) in [5.74, 6) is 0.709. The van der Waals surface area contributed by atoms with Crippen molar-refractivity contribution in [2.45, 2.75) is 25.3 Å². The average molecular weight is 190 g/mol. The molecule has 0 saturated carbocycles. The summed E-state index contributed by atoms with van der Waals surface area (Å²) in [4.78, 5) is 0. The lowest BCUT2D eigenvalue weighted by molar-refractivity contribution is 0.483. The highest BCUT2D eigenvalue weighted by atomic mass is 14.9. The molecule has 76 valence electrons. The average Bonchev–Trinajstić information content (AvgIpc) is 2.19. The van der Waals surface area contributed by atoms with E-state index < -0.39 is 0 Å². The first-order chi connectivity index (χ1) is 6.81. The summed E-state index contributed by atoms with van der Waals surface area (Å²) in [7, 11) is 0. The molecule has 2 nitrogen and oxygen atoms in total. The second-order valence-corrected chi connectivity index (χ2v) is 4.14. The van der Waals surface area contributed by atoms with Gasteiger partial charge in [0, 0.05) is 25.0 Å². The van der Waals surface area contributed by atoms with Gasteiger partial charge in [-0.25, -0.2) is 0 Å². The molecule has 14 heavy (non-hydrogen) atoms. The molecule has 2 heteroatoms. The van der Waals surface area contributed by atoms with Crippen LogP contribution in [0.1, 0.15) is 24.0 Å². The molecule has 0 bridgehead atoms. The van der Waals surface area contributed by atoms with Gasteiger partial charge < -0.3 is 11.1 Å². The van der Waals surface area contributed by atoms with Crippen LogP contribution in [0, 0.1) is 0 Å². The SMILES string of the molecule is C[C@@H](CN)NCC1Cc2ccccc21. The molecule has 3 N–H and O–H groups in total. The van der Waals surface area contributed by atoms with Gasteiger partial charge in [0.2, 0.25) is 0 Å². The zero-order valence-electron chi connectivity index (χ0n) is 8.66. The summed E-state index contributed by atoms with van der Waals surface area (Å²) in [5, 5.41) is 3.45. The van der Waals surface area contributed by atoms with Crippen LogP contribution in [-0.2, 0) is 6.42 Å². The Morgan fingerprint density at radius 2 is 2.29 bits per heavy atom. The molecule has 2 atom stereocenters. The molecule has 1 aliphatic rings. The molecule has 0 aromatic heterocycles. The maximum absolute atomic E-state index is 5.55. The first-order valence-electron chi connectivity index (χ1n) is 5.32. The lowest BCUT2D eigenvalue weighted by Crippen LogP contribution is -2.38. The molecule has 0 amide bonds. The van der Waals surface area contributed by atoms with Crippen molar-refractivity contribution in [1.82, 2.24) is 5.32 Å². The molecular formula is C12H18N2. The van der Waals surface area contributed by atoms with E-state index in [2.05, 4.69) is 36.5 Å². The van der Waals surface area contributed by atoms with E-state index in [1.165, 1.54) is 17.5 Å². The number of nitrogens with two attached hydrogens (primary N) is 1. The van der Waals surface area contributed by atoms with Crippen molar-refractivity contribution in [1.29, 1.82) is 0 Å². The number of hydrogen-bond acceptors (Lipinski definition) is 2. The van der Waals surface area contributed by atoms with Crippen molar-refractivity contribution in [3.63, 3.8) is 0 Å². The van der Waals surface area contributed by atoms with Crippen molar-refractivity contribution in [3.05, 3.63) is 35.4 Å². The van der Waals surface area contributed by atoms with Gasteiger partial charge in [-0.1, -0.05) is 24.3 Å². The van der Waals surface area contributed by atoms with Crippen LogP contribution in [0.15, 0.2) is 24.3 Å². The third-order valence-corrected chi connectivity index (χ3v) is 3.03. The van der Waals surface area contributed by atoms with Gasteiger partial charge in [0.15, 0.2) is 0 Å². The van der Waals surface area contributed by atoms with Crippen molar-refractivity contribution in [3.8, 4) is 0 Å². The van der Waals surface area contributed by atoms with Gasteiger partial charge in [-0.15, -0.1) is 0 Å². The Hall–Kier alpha value is -0.860. The minimum atomic E-state index is 0.433. The number of fused-ring (bicyclic) bond motifs is 1. The fraction of sp³-hybridized carbons (Fsp3) is 0.500. The number of hydrogen-bond donors (Lipinski definition) is 2. The summed E-state index contributed by atoms with van der Waals surface area (Å²) in [6.45, 7) is 3.91. The van der Waals surface area contributed by atoms with Crippen LogP contribution in [-0.4, -0.2) is 19.1 Å². The van der Waals surface area contributed by atoms with E-state index in [0.717, 1.165) is 6.54 Å². The van der Waals surface area contributed by atoms with Gasteiger partial charge >= 0.3 is 0 Å². The van der Waals surface area contributed by atoms with Gasteiger partial charge in [-0.05, 0) is 24.5 Å². The zero-order valence-corrected chi connectivity index (χ0v) is 8.66. The quantitative estimate of drug-likeness (QED) is 0.750. The highest BCUT2D eigenvalue weighted by molar-refractivity contribution is 5.40. The van der Waals surface area contributed by atoms with Crippen LogP contribution in [0.25, 0.3) is 0 Å². The summed E-state index contributed by atoms with van der Waals surface area (Å²) >= 11 is 0. The Morgan fingerprint density at radius 1 is 1.50 bits per heavy atom. The van der Waals surface area contributed by atoms with Crippen molar-refractivity contribution < 1.29 is 0 Å². The summed E-state index contributed by atoms with van der Waals surface area (Å²) in [6, 6.07) is 9.13. The molecule has 1 aliphatic carbocycles. The van der Waals surface area contributed by atoms with Crippen LogP contribution in [0.2, 0.25) is 0 Å². The van der Waals surface area contributed by atoms with Crippen LogP contribution in [0.5, 0.6) is 0 Å². The van der Waals surface area contributed by atoms with Crippen molar-refractivity contribution >= 4 is 0 Å². The topological polar surface area (TPSA) is 38.0 Å². The highest BCUT2D eigenvalue weighted by Crippen LogP contribution is 2.33. The molecule has 0 aliphatic heterocycles. The third kappa shape index (κ3) is 1.81. The van der Waals surface area contributed by atoms with E-state index in [0.29, 0.717) is 18.5 Å². The highest BCUT2D eigenvalue weighted by Gasteiger charge is 2.24. The maximum atomic E-state index is 5.55. The number of nitrogens with one attached hydrogen (secondary N) is 1. The lowest BCUT2D eigenvalue weighted by atomic mass is 9.77. The molecule has 0 radical (unpaired) electrons. The first-order valence-corrected chi connectivity index (χ1v) is 5.32. The molecule has 0 fully saturated rings. The molecule has 1 aromatic carbocycles. The van der Waals surface area contributed by atoms with E-state index in [1.807, 2.05) is 0 Å².